The summed E-state index contributed by atoms with van der Waals surface area (Å²) in [5.41, 5.74) is 3.70. The minimum Gasteiger partial charge on any atom is -0.369 e. The predicted molar refractivity (Wildman–Crippen MR) is 100 cm³/mol. The largest absolute Gasteiger partial charge is 0.369 e. The summed E-state index contributed by atoms with van der Waals surface area (Å²) < 4.78 is 3.90. The van der Waals surface area contributed by atoms with E-state index in [-0.39, 0.29) is 0 Å². The maximum atomic E-state index is 4.75. The summed E-state index contributed by atoms with van der Waals surface area (Å²) in [4.78, 5) is 4.75. The van der Waals surface area contributed by atoms with Gasteiger partial charge in [0, 0.05) is 30.6 Å². The van der Waals surface area contributed by atoms with Crippen molar-refractivity contribution < 1.29 is 0 Å². The smallest absolute Gasteiger partial charge is 0.160 e. The molecule has 0 atom stereocenters. The second-order valence-electron chi connectivity index (χ2n) is 6.26. The number of anilines is 1. The van der Waals surface area contributed by atoms with Gasteiger partial charge >= 0.3 is 0 Å². The van der Waals surface area contributed by atoms with Gasteiger partial charge in [0.2, 0.25) is 0 Å². The third kappa shape index (κ3) is 2.36. The number of hydrogen-bond acceptors (Lipinski definition) is 5. The number of fused-ring (bicyclic) bond motifs is 4. The van der Waals surface area contributed by atoms with Crippen LogP contribution in [0.2, 0.25) is 0 Å². The number of nitrogens with zero attached hydrogens (tertiary/aromatic N) is 6. The number of pyridine rings is 1. The van der Waals surface area contributed by atoms with Crippen molar-refractivity contribution in [2.24, 2.45) is 0 Å². The SMILES string of the molecule is Cc1cc2nc(NCCc3nnc4ccccn34)c3ccccc3n2n1. The lowest BCUT2D eigenvalue weighted by atomic mass is 10.2. The highest BCUT2D eigenvalue weighted by molar-refractivity contribution is 5.91. The van der Waals surface area contributed by atoms with Gasteiger partial charge in [0.1, 0.15) is 11.6 Å². The fourth-order valence-corrected chi connectivity index (χ4v) is 3.26. The number of para-hydroxylation sites is 1. The molecular weight excluding hydrogens is 326 g/mol. The summed E-state index contributed by atoms with van der Waals surface area (Å²) in [5.74, 6) is 1.79. The van der Waals surface area contributed by atoms with Crippen molar-refractivity contribution in [3.63, 3.8) is 0 Å². The molecule has 0 bridgehead atoms. The van der Waals surface area contributed by atoms with Crippen LogP contribution in [0.25, 0.3) is 22.2 Å². The number of hydrogen-bond donors (Lipinski definition) is 1. The summed E-state index contributed by atoms with van der Waals surface area (Å²) in [6, 6.07) is 16.1. The molecule has 0 saturated carbocycles. The zero-order chi connectivity index (χ0) is 17.5. The molecule has 128 valence electrons. The zero-order valence-corrected chi connectivity index (χ0v) is 14.3. The van der Waals surface area contributed by atoms with Crippen LogP contribution in [0.15, 0.2) is 54.7 Å². The summed E-state index contributed by atoms with van der Waals surface area (Å²) >= 11 is 0. The van der Waals surface area contributed by atoms with E-state index in [1.807, 2.05) is 58.4 Å². The van der Waals surface area contributed by atoms with Gasteiger partial charge < -0.3 is 5.32 Å². The summed E-state index contributed by atoms with van der Waals surface area (Å²) in [7, 11) is 0. The lowest BCUT2D eigenvalue weighted by Gasteiger charge is -2.10. The molecule has 4 heterocycles. The van der Waals surface area contributed by atoms with Crippen LogP contribution >= 0.6 is 0 Å². The number of rotatable bonds is 4. The average Bonchev–Trinajstić information content (AvgIpc) is 3.25. The second-order valence-corrected chi connectivity index (χ2v) is 6.26. The molecule has 26 heavy (non-hydrogen) atoms. The monoisotopic (exact) mass is 343 g/mol. The first kappa shape index (κ1) is 14.8. The van der Waals surface area contributed by atoms with Crippen molar-refractivity contribution in [1.29, 1.82) is 0 Å². The first-order chi connectivity index (χ1) is 12.8. The summed E-state index contributed by atoms with van der Waals surface area (Å²) in [6.45, 7) is 2.70. The van der Waals surface area contributed by atoms with E-state index in [0.29, 0.717) is 0 Å². The molecule has 7 nitrogen and oxygen atoms in total. The molecule has 0 radical (unpaired) electrons. The molecule has 0 aliphatic heterocycles. The van der Waals surface area contributed by atoms with Gasteiger partial charge in [-0.15, -0.1) is 10.2 Å². The van der Waals surface area contributed by atoms with Crippen molar-refractivity contribution in [3.05, 3.63) is 66.2 Å². The van der Waals surface area contributed by atoms with Gasteiger partial charge in [-0.2, -0.15) is 5.10 Å². The van der Waals surface area contributed by atoms with E-state index in [2.05, 4.69) is 32.7 Å². The van der Waals surface area contributed by atoms with Crippen LogP contribution in [-0.4, -0.2) is 35.7 Å². The Kier molecular flexibility index (Phi) is 3.31. The zero-order valence-electron chi connectivity index (χ0n) is 14.3. The number of aromatic nitrogens is 6. The Hall–Kier alpha value is -3.48. The molecule has 7 heteroatoms. The van der Waals surface area contributed by atoms with E-state index in [1.54, 1.807) is 0 Å². The molecule has 0 unspecified atom stereocenters. The normalized spacial score (nSPS) is 11.6. The van der Waals surface area contributed by atoms with E-state index in [4.69, 9.17) is 4.98 Å². The third-order valence-electron chi connectivity index (χ3n) is 4.45. The van der Waals surface area contributed by atoms with E-state index >= 15 is 0 Å². The fraction of sp³-hybridized carbons (Fsp3) is 0.158. The predicted octanol–water partition coefficient (Wildman–Crippen LogP) is 2.89. The van der Waals surface area contributed by atoms with Crippen molar-refractivity contribution >= 4 is 28.0 Å². The van der Waals surface area contributed by atoms with Gasteiger partial charge in [-0.25, -0.2) is 9.50 Å². The Bertz CT molecular complexity index is 1230. The minimum absolute atomic E-state index is 0.718. The number of aryl methyl sites for hydroxylation is 1. The van der Waals surface area contributed by atoms with Gasteiger partial charge in [0.15, 0.2) is 11.3 Å². The minimum atomic E-state index is 0.718. The molecule has 5 rings (SSSR count). The fourth-order valence-electron chi connectivity index (χ4n) is 3.26. The van der Waals surface area contributed by atoms with E-state index in [1.165, 1.54) is 0 Å². The Morgan fingerprint density at radius 3 is 2.85 bits per heavy atom. The van der Waals surface area contributed by atoms with E-state index in [9.17, 15) is 0 Å². The Morgan fingerprint density at radius 2 is 1.88 bits per heavy atom. The quantitative estimate of drug-likeness (QED) is 0.543. The lowest BCUT2D eigenvalue weighted by Crippen LogP contribution is -2.10. The molecule has 0 fully saturated rings. The van der Waals surface area contributed by atoms with Gasteiger partial charge in [-0.1, -0.05) is 18.2 Å². The average molecular weight is 343 g/mol. The van der Waals surface area contributed by atoms with Crippen molar-refractivity contribution in [3.8, 4) is 0 Å². The summed E-state index contributed by atoms with van der Waals surface area (Å²) in [5, 5.41) is 17.5. The molecule has 0 aliphatic carbocycles. The Balaban J connectivity index is 1.47. The van der Waals surface area contributed by atoms with Crippen molar-refractivity contribution in [2.75, 3.05) is 11.9 Å². The van der Waals surface area contributed by atoms with E-state index in [0.717, 1.165) is 52.5 Å². The van der Waals surface area contributed by atoms with E-state index < -0.39 is 0 Å². The van der Waals surface area contributed by atoms with Crippen LogP contribution in [0.4, 0.5) is 5.82 Å². The van der Waals surface area contributed by atoms with Gasteiger partial charge in [-0.3, -0.25) is 4.40 Å². The van der Waals surface area contributed by atoms with Gasteiger partial charge in [0.05, 0.1) is 11.2 Å². The van der Waals surface area contributed by atoms with Crippen molar-refractivity contribution in [1.82, 2.24) is 29.2 Å². The molecule has 1 aromatic carbocycles. The van der Waals surface area contributed by atoms with Crippen LogP contribution in [0.1, 0.15) is 11.5 Å². The Labute approximate surface area is 149 Å². The highest BCUT2D eigenvalue weighted by Gasteiger charge is 2.10. The first-order valence-corrected chi connectivity index (χ1v) is 8.57. The number of benzene rings is 1. The van der Waals surface area contributed by atoms with Crippen LogP contribution in [0.3, 0.4) is 0 Å². The standard InChI is InChI=1S/C19H17N7/c1-13-12-18-21-19(14-6-2-3-7-15(14)26(18)24-13)20-10-9-17-23-22-16-8-4-5-11-25(16)17/h2-8,11-12H,9-10H2,1H3,(H,20,21). The maximum absolute atomic E-state index is 4.75. The molecule has 0 saturated heterocycles. The molecule has 1 N–H and O–H groups in total. The second kappa shape index (κ2) is 5.80. The lowest BCUT2D eigenvalue weighted by molar-refractivity contribution is 0.868. The number of nitrogens with one attached hydrogen (secondary N) is 1. The van der Waals surface area contributed by atoms with Crippen molar-refractivity contribution in [2.45, 2.75) is 13.3 Å². The van der Waals surface area contributed by atoms with Gasteiger partial charge in [-0.05, 0) is 31.2 Å². The molecule has 0 amide bonds. The molecule has 0 aliphatic rings. The molecule has 4 aromatic heterocycles. The first-order valence-electron chi connectivity index (χ1n) is 8.57. The Morgan fingerprint density at radius 1 is 1.00 bits per heavy atom. The third-order valence-corrected chi connectivity index (χ3v) is 4.45. The molecule has 0 spiro atoms. The summed E-state index contributed by atoms with van der Waals surface area (Å²) in [6.07, 6.45) is 2.74. The highest BCUT2D eigenvalue weighted by Crippen LogP contribution is 2.23. The molecule has 5 aromatic rings. The maximum Gasteiger partial charge on any atom is 0.160 e. The molecular formula is C19H17N7. The van der Waals surface area contributed by atoms with Crippen LogP contribution < -0.4 is 5.32 Å². The highest BCUT2D eigenvalue weighted by atomic mass is 15.3. The van der Waals surface area contributed by atoms with Crippen LogP contribution in [-0.2, 0) is 6.42 Å². The van der Waals surface area contributed by atoms with Gasteiger partial charge in [0.25, 0.3) is 0 Å². The van der Waals surface area contributed by atoms with Crippen LogP contribution in [0.5, 0.6) is 0 Å². The topological polar surface area (TPSA) is 72.4 Å². The van der Waals surface area contributed by atoms with Crippen LogP contribution in [0, 0.1) is 6.92 Å².